The van der Waals surface area contributed by atoms with Gasteiger partial charge in [0.2, 0.25) is 0 Å². The maximum Gasteiger partial charge on any atom is 0.134 e. The van der Waals surface area contributed by atoms with Crippen molar-refractivity contribution in [1.82, 2.24) is 14.8 Å². The van der Waals surface area contributed by atoms with Crippen LogP contribution in [0.15, 0.2) is 22.4 Å². The lowest BCUT2D eigenvalue weighted by Gasteiger charge is -2.03. The summed E-state index contributed by atoms with van der Waals surface area (Å²) in [6, 6.07) is 0. The van der Waals surface area contributed by atoms with E-state index < -0.39 is 6.10 Å². The van der Waals surface area contributed by atoms with E-state index in [2.05, 4.69) is 32.9 Å². The van der Waals surface area contributed by atoms with Crippen molar-refractivity contribution < 1.29 is 5.11 Å². The Balaban J connectivity index is 2.17. The van der Waals surface area contributed by atoms with Crippen LogP contribution in [0.1, 0.15) is 30.0 Å². The van der Waals surface area contributed by atoms with Crippen LogP contribution < -0.4 is 0 Å². The molecule has 1 unspecified atom stereocenters. The quantitative estimate of drug-likeness (QED) is 0.944. The second kappa shape index (κ2) is 5.07. The van der Waals surface area contributed by atoms with E-state index in [1.165, 1.54) is 11.3 Å². The van der Waals surface area contributed by atoms with E-state index in [-0.39, 0.29) is 0 Å². The normalized spacial score (nSPS) is 12.9. The van der Waals surface area contributed by atoms with Crippen LogP contribution in [0, 0.1) is 0 Å². The first-order valence-corrected chi connectivity index (χ1v) is 6.69. The van der Waals surface area contributed by atoms with Crippen LogP contribution in [-0.4, -0.2) is 19.9 Å². The van der Waals surface area contributed by atoms with Gasteiger partial charge in [0.15, 0.2) is 0 Å². The van der Waals surface area contributed by atoms with Crippen LogP contribution >= 0.6 is 27.3 Å². The molecule has 0 aliphatic heterocycles. The molecule has 0 aromatic carbocycles. The molecule has 0 amide bonds. The van der Waals surface area contributed by atoms with E-state index in [1.807, 2.05) is 16.3 Å². The fraction of sp³-hybridized carbons (Fsp3) is 0.400. The molecular formula is C10H12BrN3OS. The van der Waals surface area contributed by atoms with E-state index in [9.17, 15) is 5.11 Å². The molecule has 2 heterocycles. The minimum atomic E-state index is -0.679. The Labute approximate surface area is 106 Å². The lowest BCUT2D eigenvalue weighted by Crippen LogP contribution is -1.98. The standard InChI is InChI=1S/C10H12BrN3OS/c1-2-3-14-5-7(4-12-14)9(15)10-13-8(11)6-16-10/h4-6,9,15H,2-3H2,1H3. The van der Waals surface area contributed by atoms with Crippen molar-refractivity contribution in [3.8, 4) is 0 Å². The van der Waals surface area contributed by atoms with Crippen molar-refractivity contribution in [2.75, 3.05) is 0 Å². The van der Waals surface area contributed by atoms with Crippen molar-refractivity contribution in [2.45, 2.75) is 26.0 Å². The van der Waals surface area contributed by atoms with Gasteiger partial charge in [0.05, 0.1) is 6.20 Å². The van der Waals surface area contributed by atoms with E-state index in [4.69, 9.17) is 0 Å². The van der Waals surface area contributed by atoms with Crippen molar-refractivity contribution in [3.05, 3.63) is 32.9 Å². The summed E-state index contributed by atoms with van der Waals surface area (Å²) in [7, 11) is 0. The second-order valence-corrected chi connectivity index (χ2v) is 5.15. The van der Waals surface area contributed by atoms with Crippen LogP contribution in [0.2, 0.25) is 0 Å². The number of hydrogen-bond acceptors (Lipinski definition) is 4. The molecule has 2 aromatic rings. The van der Waals surface area contributed by atoms with Gasteiger partial charge >= 0.3 is 0 Å². The zero-order valence-corrected chi connectivity index (χ0v) is 11.2. The van der Waals surface area contributed by atoms with Crippen molar-refractivity contribution >= 4 is 27.3 Å². The first-order chi connectivity index (χ1) is 7.70. The molecule has 0 saturated heterocycles. The Hall–Kier alpha value is -0.720. The summed E-state index contributed by atoms with van der Waals surface area (Å²) in [5.74, 6) is 0. The van der Waals surface area contributed by atoms with Gasteiger partial charge in [-0.1, -0.05) is 6.92 Å². The number of hydrogen-bond donors (Lipinski definition) is 1. The molecule has 1 atom stereocenters. The van der Waals surface area contributed by atoms with Crippen molar-refractivity contribution in [3.63, 3.8) is 0 Å². The van der Waals surface area contributed by atoms with Gasteiger partial charge < -0.3 is 5.11 Å². The maximum atomic E-state index is 10.1. The van der Waals surface area contributed by atoms with E-state index in [0.717, 1.165) is 23.1 Å². The average Bonchev–Trinajstić information content (AvgIpc) is 2.87. The number of halogens is 1. The third kappa shape index (κ3) is 2.50. The lowest BCUT2D eigenvalue weighted by molar-refractivity contribution is 0.219. The Morgan fingerprint density at radius 1 is 1.62 bits per heavy atom. The average molecular weight is 302 g/mol. The third-order valence-electron chi connectivity index (χ3n) is 2.15. The summed E-state index contributed by atoms with van der Waals surface area (Å²) in [6.07, 6.45) is 3.90. The van der Waals surface area contributed by atoms with Gasteiger partial charge in [0.1, 0.15) is 15.7 Å². The van der Waals surface area contributed by atoms with Gasteiger partial charge in [0, 0.05) is 23.7 Å². The summed E-state index contributed by atoms with van der Waals surface area (Å²) in [5, 5.41) is 16.8. The summed E-state index contributed by atoms with van der Waals surface area (Å²) >= 11 is 4.70. The Kier molecular flexibility index (Phi) is 3.73. The summed E-state index contributed by atoms with van der Waals surface area (Å²) in [4.78, 5) is 4.19. The summed E-state index contributed by atoms with van der Waals surface area (Å²) in [5.41, 5.74) is 0.787. The number of aliphatic hydroxyl groups excluding tert-OH is 1. The molecule has 2 rings (SSSR count). The SMILES string of the molecule is CCCn1cc(C(O)c2nc(Br)cs2)cn1. The van der Waals surface area contributed by atoms with Gasteiger partial charge in [-0.3, -0.25) is 4.68 Å². The largest absolute Gasteiger partial charge is 0.381 e. The number of nitrogens with zero attached hydrogens (tertiary/aromatic N) is 3. The molecule has 2 aromatic heterocycles. The minimum Gasteiger partial charge on any atom is -0.381 e. The van der Waals surface area contributed by atoms with Gasteiger partial charge in [-0.05, 0) is 22.4 Å². The molecule has 86 valence electrons. The Morgan fingerprint density at radius 2 is 2.44 bits per heavy atom. The predicted octanol–water partition coefficient (Wildman–Crippen LogP) is 2.59. The number of aliphatic hydroxyl groups is 1. The molecule has 16 heavy (non-hydrogen) atoms. The maximum absolute atomic E-state index is 10.1. The van der Waals surface area contributed by atoms with Crippen LogP contribution in [-0.2, 0) is 6.54 Å². The van der Waals surface area contributed by atoms with Gasteiger partial charge in [-0.25, -0.2) is 4.98 Å². The molecular weight excluding hydrogens is 290 g/mol. The van der Waals surface area contributed by atoms with Crippen LogP contribution in [0.4, 0.5) is 0 Å². The number of rotatable bonds is 4. The first kappa shape index (κ1) is 11.8. The minimum absolute atomic E-state index is 0.679. The molecule has 4 nitrogen and oxygen atoms in total. The van der Waals surface area contributed by atoms with E-state index >= 15 is 0 Å². The monoisotopic (exact) mass is 301 g/mol. The van der Waals surface area contributed by atoms with Gasteiger partial charge in [-0.2, -0.15) is 5.10 Å². The molecule has 1 N–H and O–H groups in total. The fourth-order valence-electron chi connectivity index (χ4n) is 1.41. The number of aromatic nitrogens is 3. The molecule has 0 aliphatic carbocycles. The molecule has 0 bridgehead atoms. The van der Waals surface area contributed by atoms with Crippen LogP contribution in [0.25, 0.3) is 0 Å². The second-order valence-electron chi connectivity index (χ2n) is 3.45. The Bertz CT molecular complexity index is 468. The zero-order chi connectivity index (χ0) is 11.5. The first-order valence-electron chi connectivity index (χ1n) is 5.02. The summed E-state index contributed by atoms with van der Waals surface area (Å²) < 4.78 is 2.59. The highest BCUT2D eigenvalue weighted by molar-refractivity contribution is 9.10. The molecule has 0 spiro atoms. The molecule has 0 radical (unpaired) electrons. The van der Waals surface area contributed by atoms with Crippen molar-refractivity contribution in [1.29, 1.82) is 0 Å². The predicted molar refractivity (Wildman–Crippen MR) is 66.4 cm³/mol. The van der Waals surface area contributed by atoms with Crippen molar-refractivity contribution in [2.24, 2.45) is 0 Å². The molecule has 0 aliphatic rings. The highest BCUT2D eigenvalue weighted by Gasteiger charge is 2.15. The smallest absolute Gasteiger partial charge is 0.134 e. The van der Waals surface area contributed by atoms with E-state index in [1.54, 1.807) is 6.20 Å². The van der Waals surface area contributed by atoms with Crippen LogP contribution in [0.5, 0.6) is 0 Å². The lowest BCUT2D eigenvalue weighted by atomic mass is 10.2. The molecule has 0 saturated carbocycles. The molecule has 6 heteroatoms. The topological polar surface area (TPSA) is 50.9 Å². The highest BCUT2D eigenvalue weighted by Crippen LogP contribution is 2.26. The zero-order valence-electron chi connectivity index (χ0n) is 8.80. The Morgan fingerprint density at radius 3 is 3.06 bits per heavy atom. The van der Waals surface area contributed by atoms with Gasteiger partial charge in [-0.15, -0.1) is 11.3 Å². The van der Waals surface area contributed by atoms with E-state index in [0.29, 0.717) is 5.01 Å². The number of aryl methyl sites for hydroxylation is 1. The fourth-order valence-corrected chi connectivity index (χ4v) is 2.68. The number of thiazole rings is 1. The third-order valence-corrected chi connectivity index (χ3v) is 3.76. The van der Waals surface area contributed by atoms with Crippen LogP contribution in [0.3, 0.4) is 0 Å². The molecule has 0 fully saturated rings. The highest BCUT2D eigenvalue weighted by atomic mass is 79.9. The summed E-state index contributed by atoms with van der Waals surface area (Å²) in [6.45, 7) is 2.96. The van der Waals surface area contributed by atoms with Gasteiger partial charge in [0.25, 0.3) is 0 Å².